The first-order valence-electron chi connectivity index (χ1n) is 9.05. The predicted molar refractivity (Wildman–Crippen MR) is 98.1 cm³/mol. The molecule has 23 heavy (non-hydrogen) atoms. The Morgan fingerprint density at radius 3 is 2.52 bits per heavy atom. The fraction of sp³-hybridized carbons (Fsp3) is 0.684. The summed E-state index contributed by atoms with van der Waals surface area (Å²) in [5.41, 5.74) is 1.32. The van der Waals surface area contributed by atoms with Gasteiger partial charge in [0.2, 0.25) is 0 Å². The molecule has 2 saturated heterocycles. The third-order valence-electron chi connectivity index (χ3n) is 5.68. The van der Waals surface area contributed by atoms with Crippen LogP contribution in [0.1, 0.15) is 38.2 Å². The minimum atomic E-state index is 0.829. The lowest BCUT2D eigenvalue weighted by molar-refractivity contribution is -0.919. The van der Waals surface area contributed by atoms with Gasteiger partial charge in [0.1, 0.15) is 12.3 Å². The number of hydrogen-bond acceptors (Lipinski definition) is 2. The summed E-state index contributed by atoms with van der Waals surface area (Å²) in [6.45, 7) is 8.68. The third kappa shape index (κ3) is 4.49. The fourth-order valence-electron chi connectivity index (χ4n) is 4.10. The summed E-state index contributed by atoms with van der Waals surface area (Å²) in [4.78, 5) is 4.46. The van der Waals surface area contributed by atoms with E-state index in [0.717, 1.165) is 28.7 Å². The summed E-state index contributed by atoms with van der Waals surface area (Å²) in [7, 11) is 1.77. The van der Waals surface area contributed by atoms with Crippen molar-refractivity contribution >= 4 is 15.9 Å². The van der Waals surface area contributed by atoms with E-state index in [1.165, 1.54) is 57.4 Å². The SMILES string of the molecule is COc1ccc(Br)cc1C[NH+]1CCC(N2CCC(C)CC2)CC1. The topological polar surface area (TPSA) is 16.9 Å². The Morgan fingerprint density at radius 2 is 1.87 bits per heavy atom. The maximum atomic E-state index is 5.53. The molecule has 4 heteroatoms. The van der Waals surface area contributed by atoms with E-state index in [2.05, 4.69) is 46.0 Å². The van der Waals surface area contributed by atoms with Gasteiger partial charge in [-0.25, -0.2) is 0 Å². The van der Waals surface area contributed by atoms with E-state index in [1.54, 1.807) is 12.0 Å². The second-order valence-electron chi connectivity index (χ2n) is 7.33. The van der Waals surface area contributed by atoms with Crippen LogP contribution in [0.5, 0.6) is 5.75 Å². The number of halogens is 1. The lowest BCUT2D eigenvalue weighted by Gasteiger charge is -2.40. The van der Waals surface area contributed by atoms with E-state index in [0.29, 0.717) is 0 Å². The Labute approximate surface area is 149 Å². The van der Waals surface area contributed by atoms with E-state index >= 15 is 0 Å². The van der Waals surface area contributed by atoms with Crippen molar-refractivity contribution in [1.82, 2.24) is 4.90 Å². The number of piperidine rings is 2. The van der Waals surface area contributed by atoms with Crippen LogP contribution in [0.2, 0.25) is 0 Å². The van der Waals surface area contributed by atoms with Gasteiger partial charge >= 0.3 is 0 Å². The Balaban J connectivity index is 1.52. The summed E-state index contributed by atoms with van der Waals surface area (Å²) in [5.74, 6) is 1.95. The van der Waals surface area contributed by atoms with Gasteiger partial charge in [0.15, 0.2) is 0 Å². The van der Waals surface area contributed by atoms with Crippen LogP contribution < -0.4 is 9.64 Å². The summed E-state index contributed by atoms with van der Waals surface area (Å²) < 4.78 is 6.67. The first-order chi connectivity index (χ1) is 11.2. The number of rotatable bonds is 4. The number of benzene rings is 1. The molecule has 2 aliphatic heterocycles. The molecular formula is C19H30BrN2O+. The Bertz CT molecular complexity index is 506. The molecule has 0 unspecified atom stereocenters. The zero-order valence-electron chi connectivity index (χ0n) is 14.5. The number of hydrogen-bond donors (Lipinski definition) is 1. The van der Waals surface area contributed by atoms with Gasteiger partial charge in [0.05, 0.1) is 20.2 Å². The van der Waals surface area contributed by atoms with E-state index in [1.807, 2.05) is 0 Å². The zero-order valence-corrected chi connectivity index (χ0v) is 16.1. The van der Waals surface area contributed by atoms with Crippen LogP contribution in [-0.4, -0.2) is 44.2 Å². The maximum Gasteiger partial charge on any atom is 0.127 e. The molecule has 1 aromatic rings. The van der Waals surface area contributed by atoms with Crippen molar-refractivity contribution in [2.45, 2.75) is 45.2 Å². The number of likely N-dealkylation sites (tertiary alicyclic amines) is 2. The van der Waals surface area contributed by atoms with Crippen molar-refractivity contribution in [2.75, 3.05) is 33.3 Å². The molecule has 0 atom stereocenters. The van der Waals surface area contributed by atoms with Crippen LogP contribution in [0.15, 0.2) is 22.7 Å². The minimum absolute atomic E-state index is 0.829. The Kier molecular flexibility index (Phi) is 6.00. The van der Waals surface area contributed by atoms with Crippen molar-refractivity contribution in [3.05, 3.63) is 28.2 Å². The van der Waals surface area contributed by atoms with Crippen LogP contribution in [0, 0.1) is 5.92 Å². The molecule has 128 valence electrons. The Morgan fingerprint density at radius 1 is 1.17 bits per heavy atom. The highest BCUT2D eigenvalue weighted by atomic mass is 79.9. The molecule has 0 amide bonds. The van der Waals surface area contributed by atoms with Crippen LogP contribution in [0.4, 0.5) is 0 Å². The van der Waals surface area contributed by atoms with E-state index in [4.69, 9.17) is 4.74 Å². The second-order valence-corrected chi connectivity index (χ2v) is 8.25. The van der Waals surface area contributed by atoms with E-state index in [-0.39, 0.29) is 0 Å². The van der Waals surface area contributed by atoms with Gasteiger partial charge in [-0.3, -0.25) is 4.90 Å². The van der Waals surface area contributed by atoms with Gasteiger partial charge < -0.3 is 9.64 Å². The largest absolute Gasteiger partial charge is 0.496 e. The van der Waals surface area contributed by atoms with E-state index < -0.39 is 0 Å². The molecule has 2 aliphatic rings. The predicted octanol–water partition coefficient (Wildman–Crippen LogP) is 2.74. The Hall–Kier alpha value is -0.580. The third-order valence-corrected chi connectivity index (χ3v) is 6.17. The van der Waals surface area contributed by atoms with Crippen LogP contribution in [0.25, 0.3) is 0 Å². The molecule has 0 aromatic heterocycles. The highest BCUT2D eigenvalue weighted by molar-refractivity contribution is 9.10. The summed E-state index contributed by atoms with van der Waals surface area (Å²) in [6, 6.07) is 7.17. The highest BCUT2D eigenvalue weighted by Gasteiger charge is 2.29. The van der Waals surface area contributed by atoms with Gasteiger partial charge in [0.25, 0.3) is 0 Å². The lowest BCUT2D eigenvalue weighted by atomic mass is 9.95. The number of ether oxygens (including phenoxy) is 1. The maximum absolute atomic E-state index is 5.53. The molecule has 0 spiro atoms. The summed E-state index contributed by atoms with van der Waals surface area (Å²) in [6.07, 6.45) is 5.48. The van der Waals surface area contributed by atoms with Gasteiger partial charge in [-0.15, -0.1) is 0 Å². The van der Waals surface area contributed by atoms with Crippen molar-refractivity contribution in [2.24, 2.45) is 5.92 Å². The smallest absolute Gasteiger partial charge is 0.127 e. The number of nitrogens with zero attached hydrogens (tertiary/aromatic N) is 1. The monoisotopic (exact) mass is 381 g/mol. The average molecular weight is 382 g/mol. The molecule has 0 bridgehead atoms. The van der Waals surface area contributed by atoms with Gasteiger partial charge in [-0.05, 0) is 50.0 Å². The molecule has 0 radical (unpaired) electrons. The molecular weight excluding hydrogens is 352 g/mol. The molecule has 2 heterocycles. The van der Waals surface area contributed by atoms with E-state index in [9.17, 15) is 0 Å². The highest BCUT2D eigenvalue weighted by Crippen LogP contribution is 2.23. The number of nitrogens with one attached hydrogen (secondary N) is 1. The molecule has 2 fully saturated rings. The van der Waals surface area contributed by atoms with Gasteiger partial charge in [-0.2, -0.15) is 0 Å². The van der Waals surface area contributed by atoms with Crippen molar-refractivity contribution < 1.29 is 9.64 Å². The molecule has 0 aliphatic carbocycles. The first-order valence-corrected chi connectivity index (χ1v) is 9.85. The number of methoxy groups -OCH3 is 1. The first kappa shape index (κ1) is 17.2. The molecule has 1 N–H and O–H groups in total. The minimum Gasteiger partial charge on any atom is -0.496 e. The standard InChI is InChI=1S/C19H29BrN2O/c1-15-5-11-22(12-6-15)18-7-9-21(10-8-18)14-16-13-17(20)3-4-19(16)23-2/h3-4,13,15,18H,5-12,14H2,1-2H3/p+1. The normalized spacial score (nSPS) is 27.1. The second kappa shape index (κ2) is 8.00. The average Bonchev–Trinajstić information content (AvgIpc) is 2.57. The van der Waals surface area contributed by atoms with Crippen molar-refractivity contribution in [3.8, 4) is 5.75 Å². The lowest BCUT2D eigenvalue weighted by Crippen LogP contribution is -3.12. The van der Waals surface area contributed by atoms with Crippen LogP contribution in [0.3, 0.4) is 0 Å². The molecule has 3 rings (SSSR count). The number of quaternary nitrogens is 1. The summed E-state index contributed by atoms with van der Waals surface area (Å²) >= 11 is 3.59. The van der Waals surface area contributed by atoms with Crippen LogP contribution in [-0.2, 0) is 6.54 Å². The van der Waals surface area contributed by atoms with Crippen LogP contribution >= 0.6 is 15.9 Å². The molecule has 0 saturated carbocycles. The summed E-state index contributed by atoms with van der Waals surface area (Å²) in [5, 5.41) is 0. The van der Waals surface area contributed by atoms with Crippen molar-refractivity contribution in [3.63, 3.8) is 0 Å². The van der Waals surface area contributed by atoms with Gasteiger partial charge in [-0.1, -0.05) is 22.9 Å². The molecule has 3 nitrogen and oxygen atoms in total. The zero-order chi connectivity index (χ0) is 16.2. The quantitative estimate of drug-likeness (QED) is 0.863. The van der Waals surface area contributed by atoms with Crippen molar-refractivity contribution in [1.29, 1.82) is 0 Å². The van der Waals surface area contributed by atoms with Gasteiger partial charge in [0, 0.05) is 28.9 Å². The fourth-order valence-corrected chi connectivity index (χ4v) is 4.51. The molecule has 1 aromatic carbocycles.